The number of benzene rings is 2. The number of hydrogen-bond acceptors (Lipinski definition) is 3. The molecule has 0 saturated heterocycles. The minimum Gasteiger partial charge on any atom is -0.507 e. The van der Waals surface area contributed by atoms with Crippen LogP contribution in [0.15, 0.2) is 35.5 Å². The molecule has 0 unspecified atom stereocenters. The van der Waals surface area contributed by atoms with Gasteiger partial charge >= 0.3 is 5.97 Å². The molecule has 2 aromatic rings. The monoisotopic (exact) mass is 403 g/mol. The van der Waals surface area contributed by atoms with E-state index in [-0.39, 0.29) is 11.3 Å². The van der Waals surface area contributed by atoms with Crippen molar-refractivity contribution in [1.82, 2.24) is 0 Å². The number of carboxylic acid groups (broad SMARTS) is 1. The third-order valence-electron chi connectivity index (χ3n) is 5.31. The van der Waals surface area contributed by atoms with Gasteiger partial charge in [0.1, 0.15) is 11.3 Å². The Morgan fingerprint density at radius 3 is 2.63 bits per heavy atom. The predicted molar refractivity (Wildman–Crippen MR) is 107 cm³/mol. The van der Waals surface area contributed by atoms with Gasteiger partial charge < -0.3 is 15.5 Å². The summed E-state index contributed by atoms with van der Waals surface area (Å²) in [5.74, 6) is -1.33. The molecule has 0 saturated carbocycles. The average molecular weight is 404 g/mol. The number of anilines is 1. The van der Waals surface area contributed by atoms with Crippen LogP contribution in [0.5, 0.6) is 5.75 Å². The highest BCUT2D eigenvalue weighted by atomic mass is 35.5. The van der Waals surface area contributed by atoms with Crippen molar-refractivity contribution in [3.05, 3.63) is 67.8 Å². The van der Waals surface area contributed by atoms with Gasteiger partial charge in [-0.25, -0.2) is 4.79 Å². The molecule has 4 rings (SSSR count). The average Bonchev–Trinajstić information content (AvgIpc) is 2.63. The number of allylic oxidation sites excluding steroid dienone is 2. The number of phenols is 1. The lowest BCUT2D eigenvalue weighted by Crippen LogP contribution is -2.19. The van der Waals surface area contributed by atoms with Crippen molar-refractivity contribution < 1.29 is 15.0 Å². The largest absolute Gasteiger partial charge is 0.507 e. The van der Waals surface area contributed by atoms with E-state index in [0.717, 1.165) is 48.9 Å². The standard InChI is InChI=1S/C21H19Cl2NO3/c22-15-6-5-11(8-16(15)23)7-14-10-13-9-12-3-1-2-4-17(12)24-19(13)18(20(14)25)21(26)27/h5-6,8,10,24-25H,1-4,7,9H2,(H,26,27). The summed E-state index contributed by atoms with van der Waals surface area (Å²) in [6.07, 6.45) is 5.34. The molecule has 1 aliphatic heterocycles. The lowest BCUT2D eigenvalue weighted by molar-refractivity contribution is 0.0694. The summed E-state index contributed by atoms with van der Waals surface area (Å²) >= 11 is 12.1. The lowest BCUT2D eigenvalue weighted by Gasteiger charge is -2.30. The topological polar surface area (TPSA) is 69.6 Å². The van der Waals surface area contributed by atoms with E-state index < -0.39 is 5.97 Å². The zero-order valence-corrected chi connectivity index (χ0v) is 16.1. The van der Waals surface area contributed by atoms with Crippen LogP contribution in [0, 0.1) is 0 Å². The van der Waals surface area contributed by atoms with Crippen molar-refractivity contribution >= 4 is 34.9 Å². The summed E-state index contributed by atoms with van der Waals surface area (Å²) < 4.78 is 0. The Kier molecular flexibility index (Phi) is 4.79. The van der Waals surface area contributed by atoms with E-state index in [1.807, 2.05) is 12.1 Å². The lowest BCUT2D eigenvalue weighted by atomic mass is 9.85. The van der Waals surface area contributed by atoms with Gasteiger partial charge in [0.25, 0.3) is 0 Å². The molecular formula is C21H19Cl2NO3. The fraction of sp³-hybridized carbons (Fsp3) is 0.286. The first-order chi connectivity index (χ1) is 12.9. The number of rotatable bonds is 3. The molecule has 140 valence electrons. The first kappa shape index (κ1) is 18.2. The van der Waals surface area contributed by atoms with Crippen LogP contribution in [0.3, 0.4) is 0 Å². The smallest absolute Gasteiger partial charge is 0.341 e. The summed E-state index contributed by atoms with van der Waals surface area (Å²) in [5, 5.41) is 24.6. The highest BCUT2D eigenvalue weighted by Crippen LogP contribution is 2.42. The zero-order valence-electron chi connectivity index (χ0n) is 14.6. The van der Waals surface area contributed by atoms with Crippen LogP contribution in [0.25, 0.3) is 0 Å². The molecular weight excluding hydrogens is 385 g/mol. The molecule has 1 heterocycles. The minimum atomic E-state index is -1.13. The summed E-state index contributed by atoms with van der Waals surface area (Å²) in [6.45, 7) is 0. The maximum atomic E-state index is 11.9. The van der Waals surface area contributed by atoms with Crippen LogP contribution in [-0.4, -0.2) is 16.2 Å². The predicted octanol–water partition coefficient (Wildman–Crippen LogP) is 5.78. The molecule has 3 N–H and O–H groups in total. The van der Waals surface area contributed by atoms with Gasteiger partial charge in [-0.3, -0.25) is 0 Å². The molecule has 1 aliphatic carbocycles. The fourth-order valence-corrected chi connectivity index (χ4v) is 4.30. The van der Waals surface area contributed by atoms with Crippen molar-refractivity contribution in [2.45, 2.75) is 38.5 Å². The number of halogens is 2. The van der Waals surface area contributed by atoms with Crippen LogP contribution in [0.2, 0.25) is 10.0 Å². The fourth-order valence-electron chi connectivity index (χ4n) is 3.98. The maximum absolute atomic E-state index is 11.9. The Bertz CT molecular complexity index is 982. The number of hydrogen-bond donors (Lipinski definition) is 3. The molecule has 0 atom stereocenters. The number of nitrogens with one attached hydrogen (secondary N) is 1. The van der Waals surface area contributed by atoms with Gasteiger partial charge in [0, 0.05) is 12.1 Å². The molecule has 0 amide bonds. The normalized spacial score (nSPS) is 15.8. The second kappa shape index (κ2) is 7.10. The Morgan fingerprint density at radius 1 is 1.11 bits per heavy atom. The second-order valence-electron chi connectivity index (χ2n) is 7.11. The quantitative estimate of drug-likeness (QED) is 0.606. The maximum Gasteiger partial charge on any atom is 0.341 e. The van der Waals surface area contributed by atoms with Crippen molar-refractivity contribution in [3.63, 3.8) is 0 Å². The van der Waals surface area contributed by atoms with Crippen molar-refractivity contribution in [2.75, 3.05) is 5.32 Å². The van der Waals surface area contributed by atoms with Crippen LogP contribution >= 0.6 is 23.2 Å². The van der Waals surface area contributed by atoms with Crippen LogP contribution in [0.1, 0.15) is 52.7 Å². The van der Waals surface area contributed by atoms with E-state index in [1.54, 1.807) is 12.1 Å². The third-order valence-corrected chi connectivity index (χ3v) is 6.05. The highest BCUT2D eigenvalue weighted by Gasteiger charge is 2.28. The van der Waals surface area contributed by atoms with E-state index in [0.29, 0.717) is 27.7 Å². The van der Waals surface area contributed by atoms with Crippen LogP contribution in [0.4, 0.5) is 5.69 Å². The highest BCUT2D eigenvalue weighted by molar-refractivity contribution is 6.42. The Morgan fingerprint density at radius 2 is 1.89 bits per heavy atom. The summed E-state index contributed by atoms with van der Waals surface area (Å²) in [6, 6.07) is 7.18. The van der Waals surface area contributed by atoms with Gasteiger partial charge in [-0.2, -0.15) is 0 Å². The van der Waals surface area contributed by atoms with Gasteiger partial charge in [0.05, 0.1) is 15.7 Å². The van der Waals surface area contributed by atoms with Crippen molar-refractivity contribution in [1.29, 1.82) is 0 Å². The molecule has 0 aromatic heterocycles. The summed E-state index contributed by atoms with van der Waals surface area (Å²) in [4.78, 5) is 11.9. The van der Waals surface area contributed by atoms with Crippen molar-refractivity contribution in [3.8, 4) is 5.75 Å². The van der Waals surface area contributed by atoms with E-state index in [4.69, 9.17) is 23.2 Å². The van der Waals surface area contributed by atoms with E-state index in [2.05, 4.69) is 5.32 Å². The SMILES string of the molecule is O=C(O)c1c(O)c(Cc2ccc(Cl)c(Cl)c2)cc2c1NC1=C(CCCC1)C2. The Balaban J connectivity index is 1.77. The van der Waals surface area contributed by atoms with Gasteiger partial charge in [-0.1, -0.05) is 29.3 Å². The second-order valence-corrected chi connectivity index (χ2v) is 7.93. The number of carbonyl (C=O) groups is 1. The molecule has 0 spiro atoms. The molecule has 27 heavy (non-hydrogen) atoms. The molecule has 6 heteroatoms. The Labute approximate surface area is 167 Å². The van der Waals surface area contributed by atoms with Gasteiger partial charge in [-0.05, 0) is 72.6 Å². The molecule has 2 aliphatic rings. The van der Waals surface area contributed by atoms with E-state index in [1.165, 1.54) is 5.57 Å². The summed E-state index contributed by atoms with van der Waals surface area (Å²) in [5.41, 5.74) is 5.28. The van der Waals surface area contributed by atoms with Crippen LogP contribution in [-0.2, 0) is 12.8 Å². The minimum absolute atomic E-state index is 0.0558. The molecule has 2 aromatic carbocycles. The first-order valence-corrected chi connectivity index (χ1v) is 9.72. The molecule has 0 radical (unpaired) electrons. The van der Waals surface area contributed by atoms with Gasteiger partial charge in [0.15, 0.2) is 0 Å². The zero-order chi connectivity index (χ0) is 19.1. The third kappa shape index (κ3) is 3.40. The number of aromatic hydroxyl groups is 1. The van der Waals surface area contributed by atoms with E-state index in [9.17, 15) is 15.0 Å². The van der Waals surface area contributed by atoms with Gasteiger partial charge in [0.2, 0.25) is 0 Å². The Hall–Kier alpha value is -2.17. The van der Waals surface area contributed by atoms with Crippen molar-refractivity contribution in [2.24, 2.45) is 0 Å². The first-order valence-electron chi connectivity index (χ1n) is 8.97. The summed E-state index contributed by atoms with van der Waals surface area (Å²) in [7, 11) is 0. The molecule has 4 nitrogen and oxygen atoms in total. The van der Waals surface area contributed by atoms with Crippen LogP contribution < -0.4 is 5.32 Å². The number of fused-ring (bicyclic) bond motifs is 1. The molecule has 0 bridgehead atoms. The number of aromatic carboxylic acids is 1. The van der Waals surface area contributed by atoms with E-state index >= 15 is 0 Å². The number of carboxylic acids is 1. The molecule has 0 fully saturated rings. The van der Waals surface area contributed by atoms with Gasteiger partial charge in [-0.15, -0.1) is 0 Å².